The van der Waals surface area contributed by atoms with Crippen LogP contribution in [0.3, 0.4) is 0 Å². The monoisotopic (exact) mass is 387 g/mol. The molecule has 28 heavy (non-hydrogen) atoms. The van der Waals surface area contributed by atoms with Gasteiger partial charge in [-0.05, 0) is 24.1 Å². The van der Waals surface area contributed by atoms with E-state index in [0.29, 0.717) is 5.56 Å². The second-order valence-electron chi connectivity index (χ2n) is 7.56. The zero-order valence-electron chi connectivity index (χ0n) is 16.8. The van der Waals surface area contributed by atoms with Gasteiger partial charge in [-0.25, -0.2) is 18.4 Å². The third kappa shape index (κ3) is 5.43. The third-order valence-corrected chi connectivity index (χ3v) is 5.22. The van der Waals surface area contributed by atoms with E-state index in [0.717, 1.165) is 35.3 Å². The predicted molar refractivity (Wildman–Crippen MR) is 113 cm³/mol. The summed E-state index contributed by atoms with van der Waals surface area (Å²) in [5.41, 5.74) is 5.84. The van der Waals surface area contributed by atoms with Crippen molar-refractivity contribution in [1.82, 2.24) is 9.66 Å². The van der Waals surface area contributed by atoms with Gasteiger partial charge in [-0.15, -0.1) is 0 Å². The smallest absolute Gasteiger partial charge is 0.242 e. The van der Waals surface area contributed by atoms with Gasteiger partial charge in [0.05, 0.1) is 5.52 Å². The van der Waals surface area contributed by atoms with Crippen molar-refractivity contribution in [1.29, 1.82) is 0 Å². The molecule has 152 valence electrons. The Morgan fingerprint density at radius 3 is 2.46 bits per heavy atom. The lowest BCUT2D eigenvalue weighted by molar-refractivity contribution is 0.149. The van der Waals surface area contributed by atoms with Crippen LogP contribution in [0.1, 0.15) is 63.9 Å². The molecule has 2 aliphatic rings. The highest BCUT2D eigenvalue weighted by Crippen LogP contribution is 2.31. The van der Waals surface area contributed by atoms with Crippen molar-refractivity contribution in [3.05, 3.63) is 42.1 Å². The standard InChI is InChI=1S/C23H31F2N3/c1-2-3-4-5-6-7-8-11-14-26-28-17-18(16-22(24)25)15-20-19-12-9-10-13-21(19)27-23(20)28/h9-10,12-13,15,17,22,26H,2-8,11,14,16H2,1H3. The first kappa shape index (κ1) is 20.6. The lowest BCUT2D eigenvalue weighted by Gasteiger charge is -2.16. The molecule has 0 aliphatic carbocycles. The van der Waals surface area contributed by atoms with E-state index in [1.54, 1.807) is 6.20 Å². The zero-order chi connectivity index (χ0) is 19.8. The summed E-state index contributed by atoms with van der Waals surface area (Å²) >= 11 is 0. The molecule has 0 unspecified atom stereocenters. The highest BCUT2D eigenvalue weighted by atomic mass is 19.3. The van der Waals surface area contributed by atoms with E-state index in [4.69, 9.17) is 4.98 Å². The highest BCUT2D eigenvalue weighted by molar-refractivity contribution is 5.96. The summed E-state index contributed by atoms with van der Waals surface area (Å²) in [4.78, 5) is 4.71. The van der Waals surface area contributed by atoms with Gasteiger partial charge in [0.2, 0.25) is 6.43 Å². The molecule has 0 saturated carbocycles. The molecule has 0 bridgehead atoms. The summed E-state index contributed by atoms with van der Waals surface area (Å²) in [7, 11) is 0. The predicted octanol–water partition coefficient (Wildman–Crippen LogP) is 6.63. The van der Waals surface area contributed by atoms with Crippen molar-refractivity contribution in [2.45, 2.75) is 71.1 Å². The Bertz CT molecular complexity index is 828. The molecular formula is C23H31F2N3. The van der Waals surface area contributed by atoms with Gasteiger partial charge >= 0.3 is 0 Å². The Balaban J connectivity index is 1.62. The van der Waals surface area contributed by atoms with Crippen LogP contribution in [-0.2, 0) is 6.42 Å². The maximum atomic E-state index is 12.9. The van der Waals surface area contributed by atoms with E-state index in [9.17, 15) is 8.78 Å². The number of pyridine rings is 1. The molecule has 5 heteroatoms. The van der Waals surface area contributed by atoms with Gasteiger partial charge in [-0.1, -0.05) is 70.1 Å². The van der Waals surface area contributed by atoms with Gasteiger partial charge in [0.1, 0.15) is 0 Å². The summed E-state index contributed by atoms with van der Waals surface area (Å²) in [6.45, 7) is 3.05. The molecule has 2 heterocycles. The summed E-state index contributed by atoms with van der Waals surface area (Å²) in [5, 5.41) is 1.01. The molecule has 1 aromatic rings. The fourth-order valence-corrected chi connectivity index (χ4v) is 3.74. The van der Waals surface area contributed by atoms with E-state index in [1.807, 2.05) is 35.0 Å². The number of benzene rings is 1. The lowest BCUT2D eigenvalue weighted by Crippen LogP contribution is -2.19. The van der Waals surface area contributed by atoms with Crippen molar-refractivity contribution in [2.24, 2.45) is 0 Å². The third-order valence-electron chi connectivity index (χ3n) is 5.22. The first-order chi connectivity index (χ1) is 13.7. The molecule has 0 fully saturated rings. The average molecular weight is 388 g/mol. The number of aromatic nitrogens is 2. The van der Waals surface area contributed by atoms with E-state index >= 15 is 0 Å². The van der Waals surface area contributed by atoms with Crippen molar-refractivity contribution in [3.8, 4) is 11.4 Å². The molecular weight excluding hydrogens is 356 g/mol. The SMILES string of the molecule is CCCCCCCCCCNn1cc(CC(F)F)cc2c3ccccc3nc1-2. The average Bonchev–Trinajstić information content (AvgIpc) is 3.05. The van der Waals surface area contributed by atoms with Gasteiger partial charge in [-0.2, -0.15) is 0 Å². The van der Waals surface area contributed by atoms with E-state index in [-0.39, 0.29) is 6.42 Å². The number of fused-ring (bicyclic) bond motifs is 3. The van der Waals surface area contributed by atoms with Gasteiger partial charge in [0.15, 0.2) is 5.82 Å². The lowest BCUT2D eigenvalue weighted by atomic mass is 10.1. The van der Waals surface area contributed by atoms with Gasteiger partial charge in [-0.3, -0.25) is 0 Å². The van der Waals surface area contributed by atoms with E-state index < -0.39 is 6.43 Å². The Morgan fingerprint density at radius 2 is 1.71 bits per heavy atom. The van der Waals surface area contributed by atoms with E-state index in [2.05, 4.69) is 12.3 Å². The van der Waals surface area contributed by atoms with Gasteiger partial charge in [0, 0.05) is 30.1 Å². The molecule has 0 spiro atoms. The van der Waals surface area contributed by atoms with Crippen LogP contribution < -0.4 is 5.43 Å². The topological polar surface area (TPSA) is 29.9 Å². The molecule has 0 aromatic heterocycles. The molecule has 0 saturated heterocycles. The number of hydrogen-bond acceptors (Lipinski definition) is 2. The van der Waals surface area contributed by atoms with Crippen molar-refractivity contribution in [3.63, 3.8) is 0 Å². The number of rotatable bonds is 12. The van der Waals surface area contributed by atoms with Crippen LogP contribution in [0.5, 0.6) is 0 Å². The molecule has 3 nitrogen and oxygen atoms in total. The molecule has 0 amide bonds. The minimum atomic E-state index is -2.35. The summed E-state index contributed by atoms with van der Waals surface area (Å²) in [6.07, 6.45) is 9.29. The molecule has 0 radical (unpaired) electrons. The fraction of sp³-hybridized carbons (Fsp3) is 0.522. The summed E-state index contributed by atoms with van der Waals surface area (Å²) in [6, 6.07) is 9.73. The van der Waals surface area contributed by atoms with E-state index in [1.165, 1.54) is 44.9 Å². The van der Waals surface area contributed by atoms with Crippen molar-refractivity contribution < 1.29 is 8.78 Å². The minimum Gasteiger partial charge on any atom is -0.324 e. The minimum absolute atomic E-state index is 0.241. The number of unbranched alkanes of at least 4 members (excludes halogenated alkanes) is 7. The Hall–Kier alpha value is -2.17. The first-order valence-corrected chi connectivity index (χ1v) is 10.6. The molecule has 2 aliphatic heterocycles. The highest BCUT2D eigenvalue weighted by Gasteiger charge is 2.17. The molecule has 1 N–H and O–H groups in total. The second-order valence-corrected chi connectivity index (χ2v) is 7.56. The van der Waals surface area contributed by atoms with Crippen LogP contribution in [0.25, 0.3) is 22.3 Å². The first-order valence-electron chi connectivity index (χ1n) is 10.6. The maximum Gasteiger partial charge on any atom is 0.242 e. The Labute approximate surface area is 166 Å². The number of nitrogens with zero attached hydrogens (tertiary/aromatic N) is 2. The summed E-state index contributed by atoms with van der Waals surface area (Å²) < 4.78 is 27.7. The van der Waals surface area contributed by atoms with Crippen LogP contribution in [-0.4, -0.2) is 22.6 Å². The number of hydrogen-bond donors (Lipinski definition) is 1. The summed E-state index contributed by atoms with van der Waals surface area (Å²) in [5.74, 6) is 0.804. The molecule has 1 aromatic carbocycles. The van der Waals surface area contributed by atoms with Gasteiger partial charge < -0.3 is 5.43 Å². The van der Waals surface area contributed by atoms with Gasteiger partial charge in [0.25, 0.3) is 0 Å². The molecule has 3 rings (SSSR count). The van der Waals surface area contributed by atoms with Crippen molar-refractivity contribution >= 4 is 10.9 Å². The maximum absolute atomic E-state index is 12.9. The fourth-order valence-electron chi connectivity index (χ4n) is 3.74. The number of para-hydroxylation sites is 1. The second kappa shape index (κ2) is 10.4. The molecule has 0 atom stereocenters. The van der Waals surface area contributed by atoms with Crippen LogP contribution in [0.15, 0.2) is 36.5 Å². The van der Waals surface area contributed by atoms with Crippen molar-refractivity contribution in [2.75, 3.05) is 12.0 Å². The number of halogens is 2. The number of nitrogens with one attached hydrogen (secondary N) is 1. The number of alkyl halides is 2. The Kier molecular flexibility index (Phi) is 7.63. The quantitative estimate of drug-likeness (QED) is 0.353. The van der Waals surface area contributed by atoms with Crippen LogP contribution in [0.2, 0.25) is 0 Å². The Morgan fingerprint density at radius 1 is 1.00 bits per heavy atom. The zero-order valence-corrected chi connectivity index (χ0v) is 16.8. The van der Waals surface area contributed by atoms with Crippen LogP contribution >= 0.6 is 0 Å². The van der Waals surface area contributed by atoms with Crippen LogP contribution in [0.4, 0.5) is 8.78 Å². The normalized spacial score (nSPS) is 11.7. The largest absolute Gasteiger partial charge is 0.324 e. The van der Waals surface area contributed by atoms with Crippen LogP contribution in [0, 0.1) is 0 Å².